The van der Waals surface area contributed by atoms with E-state index in [1.807, 2.05) is 19.1 Å². The predicted molar refractivity (Wildman–Crippen MR) is 114 cm³/mol. The average Bonchev–Trinajstić information content (AvgIpc) is 3.08. The van der Waals surface area contributed by atoms with Crippen LogP contribution in [0.1, 0.15) is 22.2 Å². The number of carbonyl (C=O) groups excluding carboxylic acids is 1. The number of anilines is 1. The summed E-state index contributed by atoms with van der Waals surface area (Å²) >= 11 is 1.24. The van der Waals surface area contributed by atoms with E-state index < -0.39 is 21.7 Å². The monoisotopic (exact) mass is 449 g/mol. The molecular weight excluding hydrogens is 429 g/mol. The SMILES string of the molecule is CCNS(=O)(=O)c1ccc(F)c(C(=O)Nc2nc(-c3ccc(OC)cc3)c(C)s2)c1. The number of sulfonamides is 1. The predicted octanol–water partition coefficient (Wildman–Crippen LogP) is 3.82. The van der Waals surface area contributed by atoms with E-state index in [4.69, 9.17) is 4.74 Å². The van der Waals surface area contributed by atoms with Crippen LogP contribution in [0, 0.1) is 12.7 Å². The lowest BCUT2D eigenvalue weighted by molar-refractivity contribution is 0.102. The molecule has 30 heavy (non-hydrogen) atoms. The number of nitrogens with one attached hydrogen (secondary N) is 2. The van der Waals surface area contributed by atoms with Crippen LogP contribution in [-0.4, -0.2) is 33.0 Å². The van der Waals surface area contributed by atoms with Crippen LogP contribution in [0.4, 0.5) is 9.52 Å². The van der Waals surface area contributed by atoms with Crippen molar-refractivity contribution < 1.29 is 22.3 Å². The van der Waals surface area contributed by atoms with E-state index in [9.17, 15) is 17.6 Å². The fourth-order valence-corrected chi connectivity index (χ4v) is 4.65. The molecule has 0 saturated carbocycles. The molecule has 2 N–H and O–H groups in total. The maximum atomic E-state index is 14.2. The maximum absolute atomic E-state index is 14.2. The van der Waals surface area contributed by atoms with Crippen molar-refractivity contribution in [3.8, 4) is 17.0 Å². The zero-order valence-electron chi connectivity index (χ0n) is 16.5. The van der Waals surface area contributed by atoms with Gasteiger partial charge >= 0.3 is 0 Å². The van der Waals surface area contributed by atoms with E-state index in [-0.39, 0.29) is 22.1 Å². The number of aryl methyl sites for hydroxylation is 1. The van der Waals surface area contributed by atoms with Gasteiger partial charge in [0.1, 0.15) is 11.6 Å². The first kappa shape index (κ1) is 21.9. The van der Waals surface area contributed by atoms with Gasteiger partial charge in [0.15, 0.2) is 5.13 Å². The molecule has 1 heterocycles. The van der Waals surface area contributed by atoms with Gasteiger partial charge in [-0.15, -0.1) is 11.3 Å². The van der Waals surface area contributed by atoms with Crippen LogP contribution < -0.4 is 14.8 Å². The lowest BCUT2D eigenvalue weighted by Crippen LogP contribution is -2.24. The summed E-state index contributed by atoms with van der Waals surface area (Å²) in [6.45, 7) is 3.66. The second kappa shape index (κ2) is 8.90. The van der Waals surface area contributed by atoms with E-state index >= 15 is 0 Å². The highest BCUT2D eigenvalue weighted by molar-refractivity contribution is 7.89. The Labute approximate surface area is 178 Å². The molecule has 0 spiro atoms. The molecule has 1 aromatic heterocycles. The summed E-state index contributed by atoms with van der Waals surface area (Å²) in [5, 5.41) is 2.83. The lowest BCUT2D eigenvalue weighted by Gasteiger charge is -2.08. The summed E-state index contributed by atoms with van der Waals surface area (Å²) in [7, 11) is -2.24. The topological polar surface area (TPSA) is 97.4 Å². The molecule has 3 rings (SSSR count). The number of hydrogen-bond acceptors (Lipinski definition) is 6. The van der Waals surface area contributed by atoms with Crippen molar-refractivity contribution in [1.29, 1.82) is 0 Å². The first-order valence-electron chi connectivity index (χ1n) is 8.97. The van der Waals surface area contributed by atoms with E-state index in [0.717, 1.165) is 28.6 Å². The third kappa shape index (κ3) is 4.66. The quantitative estimate of drug-likeness (QED) is 0.572. The standard InChI is InChI=1S/C20H20FN3O4S2/c1-4-22-30(26,27)15-9-10-17(21)16(11-15)19(25)24-20-23-18(12(2)29-20)13-5-7-14(28-3)8-6-13/h5-11,22H,4H2,1-3H3,(H,23,24,25). The van der Waals surface area contributed by atoms with Gasteiger partial charge in [-0.1, -0.05) is 6.92 Å². The van der Waals surface area contributed by atoms with Crippen LogP contribution in [0.25, 0.3) is 11.3 Å². The van der Waals surface area contributed by atoms with Gasteiger partial charge in [0.05, 0.1) is 23.3 Å². The third-order valence-electron chi connectivity index (χ3n) is 4.21. The highest BCUT2D eigenvalue weighted by Gasteiger charge is 2.20. The number of halogens is 1. The highest BCUT2D eigenvalue weighted by Crippen LogP contribution is 2.31. The average molecular weight is 450 g/mol. The molecule has 0 aliphatic heterocycles. The third-order valence-corrected chi connectivity index (χ3v) is 6.64. The number of benzene rings is 2. The molecule has 3 aromatic rings. The van der Waals surface area contributed by atoms with Gasteiger partial charge in [0.25, 0.3) is 5.91 Å². The number of amides is 1. The maximum Gasteiger partial charge on any atom is 0.260 e. The summed E-state index contributed by atoms with van der Waals surface area (Å²) in [5.41, 5.74) is 1.14. The van der Waals surface area contributed by atoms with Crippen LogP contribution in [0.3, 0.4) is 0 Å². The molecule has 0 fully saturated rings. The van der Waals surface area contributed by atoms with E-state index in [1.165, 1.54) is 11.3 Å². The van der Waals surface area contributed by atoms with Crippen LogP contribution in [-0.2, 0) is 10.0 Å². The Morgan fingerprint density at radius 2 is 1.90 bits per heavy atom. The number of rotatable bonds is 7. The van der Waals surface area contributed by atoms with Crippen molar-refractivity contribution in [2.24, 2.45) is 0 Å². The Bertz CT molecular complexity index is 1180. The zero-order chi connectivity index (χ0) is 21.9. The molecule has 0 bridgehead atoms. The summed E-state index contributed by atoms with van der Waals surface area (Å²) < 4.78 is 46.0. The molecule has 7 nitrogen and oxygen atoms in total. The Hall–Kier alpha value is -2.82. The Morgan fingerprint density at radius 3 is 2.53 bits per heavy atom. The first-order valence-corrected chi connectivity index (χ1v) is 11.3. The van der Waals surface area contributed by atoms with Gasteiger partial charge < -0.3 is 4.74 Å². The van der Waals surface area contributed by atoms with E-state index in [0.29, 0.717) is 11.4 Å². The first-order chi connectivity index (χ1) is 14.2. The lowest BCUT2D eigenvalue weighted by atomic mass is 10.1. The number of methoxy groups -OCH3 is 1. The van der Waals surface area contributed by atoms with Gasteiger partial charge in [-0.05, 0) is 49.4 Å². The van der Waals surface area contributed by atoms with Gasteiger partial charge in [0.2, 0.25) is 10.0 Å². The van der Waals surface area contributed by atoms with Crippen molar-refractivity contribution in [3.05, 3.63) is 58.7 Å². The van der Waals surface area contributed by atoms with Crippen molar-refractivity contribution in [2.45, 2.75) is 18.7 Å². The number of carbonyl (C=O) groups is 1. The Balaban J connectivity index is 1.86. The number of hydrogen-bond donors (Lipinski definition) is 2. The molecule has 1 amide bonds. The highest BCUT2D eigenvalue weighted by atomic mass is 32.2. The number of thiazole rings is 1. The Morgan fingerprint density at radius 1 is 1.20 bits per heavy atom. The van der Waals surface area contributed by atoms with Crippen LogP contribution in [0.2, 0.25) is 0 Å². The van der Waals surface area contributed by atoms with Gasteiger partial charge in [-0.2, -0.15) is 0 Å². The van der Waals surface area contributed by atoms with Crippen LogP contribution in [0.5, 0.6) is 5.75 Å². The van der Waals surface area contributed by atoms with Crippen molar-refractivity contribution in [1.82, 2.24) is 9.71 Å². The minimum Gasteiger partial charge on any atom is -0.497 e. The van der Waals surface area contributed by atoms with E-state index in [2.05, 4.69) is 15.0 Å². The fraction of sp³-hybridized carbons (Fsp3) is 0.200. The molecule has 10 heteroatoms. The minimum absolute atomic E-state index is 0.174. The normalized spacial score (nSPS) is 11.3. The van der Waals surface area contributed by atoms with Crippen LogP contribution in [0.15, 0.2) is 47.4 Å². The molecule has 0 radical (unpaired) electrons. The molecule has 158 valence electrons. The van der Waals surface area contributed by atoms with Gasteiger partial charge in [-0.3, -0.25) is 10.1 Å². The van der Waals surface area contributed by atoms with Gasteiger partial charge in [-0.25, -0.2) is 22.5 Å². The molecule has 0 unspecified atom stereocenters. The summed E-state index contributed by atoms with van der Waals surface area (Å²) in [5.74, 6) is -0.897. The van der Waals surface area contributed by atoms with E-state index in [1.54, 1.807) is 26.2 Å². The molecular formula is C20H20FN3O4S2. The second-order valence-electron chi connectivity index (χ2n) is 6.25. The fourth-order valence-electron chi connectivity index (χ4n) is 2.75. The minimum atomic E-state index is -3.82. The zero-order valence-corrected chi connectivity index (χ0v) is 18.2. The van der Waals surface area contributed by atoms with Crippen molar-refractivity contribution >= 4 is 32.4 Å². The molecule has 0 aliphatic carbocycles. The van der Waals surface area contributed by atoms with Crippen molar-refractivity contribution in [2.75, 3.05) is 19.0 Å². The molecule has 0 aliphatic rings. The summed E-state index contributed by atoms with van der Waals surface area (Å²) in [6, 6.07) is 10.4. The van der Waals surface area contributed by atoms with Crippen LogP contribution >= 0.6 is 11.3 Å². The molecule has 2 aromatic carbocycles. The number of ether oxygens (including phenoxy) is 1. The summed E-state index contributed by atoms with van der Waals surface area (Å²) in [6.07, 6.45) is 0. The second-order valence-corrected chi connectivity index (χ2v) is 9.22. The van der Waals surface area contributed by atoms with Crippen molar-refractivity contribution in [3.63, 3.8) is 0 Å². The smallest absolute Gasteiger partial charge is 0.260 e. The molecule has 0 atom stereocenters. The van der Waals surface area contributed by atoms with Gasteiger partial charge in [0, 0.05) is 17.0 Å². The Kier molecular flexibility index (Phi) is 6.49. The largest absolute Gasteiger partial charge is 0.497 e. The number of aromatic nitrogens is 1. The molecule has 0 saturated heterocycles. The number of nitrogens with zero attached hydrogens (tertiary/aromatic N) is 1. The summed E-state index contributed by atoms with van der Waals surface area (Å²) in [4.78, 5) is 17.7.